The quantitative estimate of drug-likeness (QED) is 0.291. The fourth-order valence-electron chi connectivity index (χ4n) is 3.75. The lowest BCUT2D eigenvalue weighted by molar-refractivity contribution is -0.384. The molecule has 0 unspecified atom stereocenters. The highest BCUT2D eigenvalue weighted by Crippen LogP contribution is 2.28. The Morgan fingerprint density at radius 2 is 1.80 bits per heavy atom. The Labute approximate surface area is 201 Å². The first-order chi connectivity index (χ1) is 16.9. The monoisotopic (exact) mass is 475 g/mol. The zero-order chi connectivity index (χ0) is 24.9. The highest BCUT2D eigenvalue weighted by atomic mass is 16.6. The summed E-state index contributed by atoms with van der Waals surface area (Å²) < 4.78 is 14.0. The highest BCUT2D eigenvalue weighted by molar-refractivity contribution is 5.94. The molecule has 0 atom stereocenters. The van der Waals surface area contributed by atoms with E-state index in [4.69, 9.17) is 9.47 Å². The third-order valence-corrected chi connectivity index (χ3v) is 5.60. The topological polar surface area (TPSA) is 113 Å². The van der Waals surface area contributed by atoms with E-state index in [0.29, 0.717) is 41.5 Å². The number of aryl methyl sites for hydroxylation is 1. The fourth-order valence-corrected chi connectivity index (χ4v) is 3.75. The number of non-ortho nitro benzene ring substituents is 1. The molecule has 1 amide bonds. The van der Waals surface area contributed by atoms with E-state index < -0.39 is 4.92 Å². The van der Waals surface area contributed by atoms with Gasteiger partial charge in [0.1, 0.15) is 11.4 Å². The summed E-state index contributed by atoms with van der Waals surface area (Å²) in [5, 5.41) is 18.6. The summed E-state index contributed by atoms with van der Waals surface area (Å²) in [5.41, 5.74) is 3.26. The van der Waals surface area contributed by atoms with Gasteiger partial charge in [0, 0.05) is 31.9 Å². The number of nitrogens with zero attached hydrogens (tertiary/aromatic N) is 4. The van der Waals surface area contributed by atoms with Crippen molar-refractivity contribution < 1.29 is 19.2 Å². The summed E-state index contributed by atoms with van der Waals surface area (Å²) in [7, 11) is 5.05. The van der Waals surface area contributed by atoms with E-state index in [9.17, 15) is 14.9 Å². The van der Waals surface area contributed by atoms with Crippen molar-refractivity contribution in [1.82, 2.24) is 19.7 Å². The molecule has 10 nitrogen and oxygen atoms in total. The molecule has 0 saturated carbocycles. The number of nitro groups is 1. The van der Waals surface area contributed by atoms with Gasteiger partial charge in [0.15, 0.2) is 11.5 Å². The van der Waals surface area contributed by atoms with E-state index in [1.54, 1.807) is 32.4 Å². The van der Waals surface area contributed by atoms with Crippen LogP contribution in [0.4, 0.5) is 5.69 Å². The number of methoxy groups -OCH3 is 2. The van der Waals surface area contributed by atoms with Gasteiger partial charge in [-0.2, -0.15) is 5.10 Å². The summed E-state index contributed by atoms with van der Waals surface area (Å²) in [6.07, 6.45) is 2.48. The second-order valence-electron chi connectivity index (χ2n) is 7.80. The maximum Gasteiger partial charge on any atom is 0.270 e. The molecular formula is C25H25N5O5. The van der Waals surface area contributed by atoms with Crippen LogP contribution in [-0.2, 0) is 13.5 Å². The first-order valence-electron chi connectivity index (χ1n) is 10.9. The van der Waals surface area contributed by atoms with Gasteiger partial charge in [0.2, 0.25) is 0 Å². The minimum absolute atomic E-state index is 0.0375. The molecule has 0 aliphatic heterocycles. The molecule has 1 N–H and O–H groups in total. The third kappa shape index (κ3) is 5.01. The molecule has 10 heteroatoms. The van der Waals surface area contributed by atoms with Crippen LogP contribution in [0.5, 0.6) is 11.5 Å². The summed E-state index contributed by atoms with van der Waals surface area (Å²) >= 11 is 0. The van der Waals surface area contributed by atoms with Crippen LogP contribution in [0.25, 0.3) is 17.1 Å². The van der Waals surface area contributed by atoms with E-state index in [1.165, 1.54) is 16.8 Å². The Kier molecular flexibility index (Phi) is 6.81. The van der Waals surface area contributed by atoms with Crippen molar-refractivity contribution in [3.8, 4) is 28.6 Å². The Hall–Kier alpha value is -4.60. The van der Waals surface area contributed by atoms with Gasteiger partial charge in [-0.1, -0.05) is 6.07 Å². The second-order valence-corrected chi connectivity index (χ2v) is 7.80. The molecule has 2 heterocycles. The fraction of sp³-hybridized carbons (Fsp3) is 0.200. The number of hydrogen-bond acceptors (Lipinski definition) is 6. The molecule has 0 spiro atoms. The summed E-state index contributed by atoms with van der Waals surface area (Å²) in [4.78, 5) is 23.7. The summed E-state index contributed by atoms with van der Waals surface area (Å²) in [6.45, 7) is 0.388. The van der Waals surface area contributed by atoms with Crippen molar-refractivity contribution in [3.63, 3.8) is 0 Å². The molecule has 0 radical (unpaired) electrons. The Balaban J connectivity index is 1.57. The van der Waals surface area contributed by atoms with Gasteiger partial charge in [-0.25, -0.2) is 4.68 Å². The zero-order valence-electron chi connectivity index (χ0n) is 19.6. The van der Waals surface area contributed by atoms with E-state index in [1.807, 2.05) is 48.1 Å². The lowest BCUT2D eigenvalue weighted by atomic mass is 10.1. The molecule has 4 aromatic rings. The van der Waals surface area contributed by atoms with Crippen LogP contribution in [0.15, 0.2) is 66.9 Å². The molecule has 2 aromatic heterocycles. The van der Waals surface area contributed by atoms with Crippen LogP contribution >= 0.6 is 0 Å². The van der Waals surface area contributed by atoms with Gasteiger partial charge < -0.3 is 19.4 Å². The number of nitrogens with one attached hydrogen (secondary N) is 1. The zero-order valence-corrected chi connectivity index (χ0v) is 19.6. The van der Waals surface area contributed by atoms with Crippen molar-refractivity contribution in [2.24, 2.45) is 7.05 Å². The second kappa shape index (κ2) is 10.1. The first-order valence-corrected chi connectivity index (χ1v) is 10.9. The van der Waals surface area contributed by atoms with E-state index in [2.05, 4.69) is 10.4 Å². The van der Waals surface area contributed by atoms with Crippen LogP contribution in [0.1, 0.15) is 16.1 Å². The maximum atomic E-state index is 13.2. The van der Waals surface area contributed by atoms with Crippen molar-refractivity contribution in [2.45, 2.75) is 6.42 Å². The number of nitro benzene ring substituents is 1. The van der Waals surface area contributed by atoms with Crippen molar-refractivity contribution in [2.75, 3.05) is 20.8 Å². The standard InChI is InChI=1S/C25H25N5O5/c1-28-14-4-5-21(28)20-16-22(29(27-20)18-7-9-19(10-8-18)30(32)33)25(31)26-13-12-17-6-11-23(34-2)24(15-17)35-3/h4-11,14-16H,12-13H2,1-3H3,(H,26,31). The number of aromatic nitrogens is 3. The average molecular weight is 476 g/mol. The minimum atomic E-state index is -0.468. The first kappa shape index (κ1) is 23.6. The van der Waals surface area contributed by atoms with Crippen LogP contribution in [0.2, 0.25) is 0 Å². The van der Waals surface area contributed by atoms with Gasteiger partial charge >= 0.3 is 0 Å². The summed E-state index contributed by atoms with van der Waals surface area (Å²) in [6, 6.07) is 17.0. The van der Waals surface area contributed by atoms with Crippen molar-refractivity contribution >= 4 is 11.6 Å². The van der Waals surface area contributed by atoms with E-state index in [0.717, 1.165) is 11.3 Å². The number of amides is 1. The Morgan fingerprint density at radius 1 is 1.06 bits per heavy atom. The Morgan fingerprint density at radius 3 is 2.43 bits per heavy atom. The SMILES string of the molecule is COc1ccc(CCNC(=O)c2cc(-c3cccn3C)nn2-c2ccc([N+](=O)[O-])cc2)cc1OC. The molecule has 0 bridgehead atoms. The van der Waals surface area contributed by atoms with Gasteiger partial charge in [-0.15, -0.1) is 0 Å². The molecule has 180 valence electrons. The van der Waals surface area contributed by atoms with Crippen molar-refractivity contribution in [3.05, 3.63) is 88.2 Å². The van der Waals surface area contributed by atoms with E-state index >= 15 is 0 Å². The highest BCUT2D eigenvalue weighted by Gasteiger charge is 2.19. The number of carbonyl (C=O) groups excluding carboxylic acids is 1. The van der Waals surface area contributed by atoms with Gasteiger partial charge in [-0.05, 0) is 54.4 Å². The third-order valence-electron chi connectivity index (χ3n) is 5.60. The molecular weight excluding hydrogens is 450 g/mol. The number of benzene rings is 2. The predicted octanol–water partition coefficient (Wildman–Crippen LogP) is 3.78. The molecule has 0 fully saturated rings. The lowest BCUT2D eigenvalue weighted by Crippen LogP contribution is -2.27. The Bertz CT molecular complexity index is 1360. The molecule has 35 heavy (non-hydrogen) atoms. The van der Waals surface area contributed by atoms with Gasteiger partial charge in [-0.3, -0.25) is 14.9 Å². The van der Waals surface area contributed by atoms with Gasteiger partial charge in [0.05, 0.1) is 30.5 Å². The van der Waals surface area contributed by atoms with Crippen molar-refractivity contribution in [1.29, 1.82) is 0 Å². The van der Waals surface area contributed by atoms with Crippen LogP contribution < -0.4 is 14.8 Å². The predicted molar refractivity (Wildman–Crippen MR) is 130 cm³/mol. The summed E-state index contributed by atoms with van der Waals surface area (Å²) in [5.74, 6) is 0.956. The largest absolute Gasteiger partial charge is 0.493 e. The lowest BCUT2D eigenvalue weighted by Gasteiger charge is -2.11. The molecule has 4 rings (SSSR count). The minimum Gasteiger partial charge on any atom is -0.493 e. The number of ether oxygens (including phenoxy) is 2. The number of rotatable bonds is 9. The van der Waals surface area contributed by atoms with Crippen LogP contribution in [0.3, 0.4) is 0 Å². The maximum absolute atomic E-state index is 13.2. The van der Waals surface area contributed by atoms with Gasteiger partial charge in [0.25, 0.3) is 11.6 Å². The van der Waals surface area contributed by atoms with E-state index in [-0.39, 0.29) is 11.6 Å². The number of carbonyl (C=O) groups is 1. The normalized spacial score (nSPS) is 10.7. The van der Waals surface area contributed by atoms with Crippen LogP contribution in [-0.4, -0.2) is 45.9 Å². The molecule has 0 aliphatic carbocycles. The number of hydrogen-bond donors (Lipinski definition) is 1. The van der Waals surface area contributed by atoms with Crippen LogP contribution in [0, 0.1) is 10.1 Å². The molecule has 0 saturated heterocycles. The molecule has 0 aliphatic rings. The average Bonchev–Trinajstić information content (AvgIpc) is 3.50. The molecule has 2 aromatic carbocycles. The smallest absolute Gasteiger partial charge is 0.270 e.